The number of hydrogen-bond donors (Lipinski definition) is 0. The molecule has 0 bridgehead atoms. The Kier molecular flexibility index (Phi) is 8.88. The zero-order chi connectivity index (χ0) is 19.8. The summed E-state index contributed by atoms with van der Waals surface area (Å²) in [6.45, 7) is 6.97. The summed E-state index contributed by atoms with van der Waals surface area (Å²) in [7, 11) is 2.29. The first-order valence-corrected chi connectivity index (χ1v) is 13.0. The van der Waals surface area contributed by atoms with Crippen molar-refractivity contribution in [1.29, 1.82) is 0 Å². The molecule has 1 unspecified atom stereocenters. The van der Waals surface area contributed by atoms with Gasteiger partial charge in [0.1, 0.15) is 0 Å². The second kappa shape index (κ2) is 11.4. The van der Waals surface area contributed by atoms with Gasteiger partial charge in [-0.1, -0.05) is 31.6 Å². The second-order valence-corrected chi connectivity index (χ2v) is 10.0. The highest BCUT2D eigenvalue weighted by atomic mass is 32.2. The van der Waals surface area contributed by atoms with Gasteiger partial charge in [0.15, 0.2) is 0 Å². The molecule has 3 rings (SSSR count). The molecule has 2 aliphatic rings. The fourth-order valence-electron chi connectivity index (χ4n) is 4.19. The van der Waals surface area contributed by atoms with Gasteiger partial charge in [0.05, 0.1) is 5.69 Å². The molecule has 0 saturated carbocycles. The van der Waals surface area contributed by atoms with E-state index in [1.165, 1.54) is 66.4 Å². The lowest BCUT2D eigenvalue weighted by atomic mass is 9.99. The van der Waals surface area contributed by atoms with Crippen molar-refractivity contribution in [2.75, 3.05) is 50.1 Å². The molecule has 2 nitrogen and oxygen atoms in total. The molecule has 1 saturated heterocycles. The predicted molar refractivity (Wildman–Crippen MR) is 128 cm³/mol. The topological polar surface area (TPSA) is 6.48 Å². The van der Waals surface area contributed by atoms with Crippen molar-refractivity contribution in [3.05, 3.63) is 42.0 Å². The van der Waals surface area contributed by atoms with Gasteiger partial charge < -0.3 is 9.80 Å². The van der Waals surface area contributed by atoms with Gasteiger partial charge in [0, 0.05) is 35.2 Å². The number of nitrogens with zero attached hydrogens (tertiary/aromatic N) is 2. The molecule has 4 heteroatoms. The van der Waals surface area contributed by atoms with Crippen molar-refractivity contribution < 1.29 is 0 Å². The molecule has 2 heterocycles. The van der Waals surface area contributed by atoms with Crippen LogP contribution >= 0.6 is 23.5 Å². The average molecular weight is 417 g/mol. The highest BCUT2D eigenvalue weighted by Gasteiger charge is 2.21. The minimum absolute atomic E-state index is 0.836. The molecule has 0 amide bonds. The summed E-state index contributed by atoms with van der Waals surface area (Å²) in [6.07, 6.45) is 15.6. The standard InChI is InChI=1S/C24H36N2S2/c1-4-5-6-10-21-18-26(15-13-20-9-7-8-14-25(2)17-20)23-16-22(27-3)11-12-24(23)28-19-21/h5-6,10-12,16,20H,4,7-9,13-15,17-19H2,1-3H3/b6-5-,21-10-. The fraction of sp³-hybridized carbons (Fsp3) is 0.583. The number of likely N-dealkylation sites (tertiary alicyclic amines) is 1. The van der Waals surface area contributed by atoms with Crippen molar-refractivity contribution in [1.82, 2.24) is 4.90 Å². The Morgan fingerprint density at radius 3 is 3.00 bits per heavy atom. The molecule has 0 aliphatic carbocycles. The third kappa shape index (κ3) is 6.33. The summed E-state index contributed by atoms with van der Waals surface area (Å²) in [6, 6.07) is 7.03. The number of fused-ring (bicyclic) bond motifs is 1. The predicted octanol–water partition coefficient (Wildman–Crippen LogP) is 6.34. The van der Waals surface area contributed by atoms with E-state index in [2.05, 4.69) is 66.5 Å². The van der Waals surface area contributed by atoms with Gasteiger partial charge in [-0.2, -0.15) is 0 Å². The lowest BCUT2D eigenvalue weighted by Crippen LogP contribution is -2.31. The molecule has 0 N–H and O–H groups in total. The van der Waals surface area contributed by atoms with Gasteiger partial charge >= 0.3 is 0 Å². The Hall–Kier alpha value is -0.840. The Morgan fingerprint density at radius 1 is 1.29 bits per heavy atom. The summed E-state index contributed by atoms with van der Waals surface area (Å²) < 4.78 is 0. The van der Waals surface area contributed by atoms with Gasteiger partial charge in [0.25, 0.3) is 0 Å². The van der Waals surface area contributed by atoms with Crippen molar-refractivity contribution >= 4 is 29.2 Å². The average Bonchev–Trinajstić information content (AvgIpc) is 3.02. The van der Waals surface area contributed by atoms with Crippen LogP contribution in [0.1, 0.15) is 39.0 Å². The fourth-order valence-corrected chi connectivity index (χ4v) is 5.65. The van der Waals surface area contributed by atoms with E-state index >= 15 is 0 Å². The van der Waals surface area contributed by atoms with Crippen LogP contribution in [-0.4, -0.2) is 50.1 Å². The molecule has 1 aromatic carbocycles. The SMILES string of the molecule is CC/C=C\C=C1/CSc2ccc(SC)cc2N(CCC2CCCCN(C)C2)C1. The van der Waals surface area contributed by atoms with E-state index in [-0.39, 0.29) is 0 Å². The van der Waals surface area contributed by atoms with E-state index in [1.54, 1.807) is 0 Å². The molecule has 1 atom stereocenters. The summed E-state index contributed by atoms with van der Waals surface area (Å²) >= 11 is 3.85. The molecule has 28 heavy (non-hydrogen) atoms. The van der Waals surface area contributed by atoms with Gasteiger partial charge in [-0.05, 0) is 75.2 Å². The van der Waals surface area contributed by atoms with Crippen LogP contribution in [0.15, 0.2) is 51.8 Å². The summed E-state index contributed by atoms with van der Waals surface area (Å²) in [4.78, 5) is 8.01. The Balaban J connectivity index is 1.77. The normalized spacial score (nSPS) is 23.0. The van der Waals surface area contributed by atoms with Crippen molar-refractivity contribution in [3.63, 3.8) is 0 Å². The maximum atomic E-state index is 2.66. The van der Waals surface area contributed by atoms with Gasteiger partial charge in [-0.15, -0.1) is 23.5 Å². The van der Waals surface area contributed by atoms with E-state index in [4.69, 9.17) is 0 Å². The first-order chi connectivity index (χ1) is 13.7. The zero-order valence-electron chi connectivity index (χ0n) is 17.8. The van der Waals surface area contributed by atoms with Gasteiger partial charge in [-0.25, -0.2) is 0 Å². The Labute approximate surface area is 180 Å². The second-order valence-electron chi connectivity index (χ2n) is 8.12. The summed E-state index contributed by atoms with van der Waals surface area (Å²) in [5, 5.41) is 0. The van der Waals surface area contributed by atoms with Crippen LogP contribution in [-0.2, 0) is 0 Å². The molecule has 154 valence electrons. The van der Waals surface area contributed by atoms with E-state index in [1.807, 2.05) is 23.5 Å². The van der Waals surface area contributed by atoms with Crippen LogP contribution in [0.3, 0.4) is 0 Å². The van der Waals surface area contributed by atoms with Crippen LogP contribution in [0.5, 0.6) is 0 Å². The highest BCUT2D eigenvalue weighted by Crippen LogP contribution is 2.38. The molecular weight excluding hydrogens is 380 g/mol. The van der Waals surface area contributed by atoms with E-state index in [0.717, 1.165) is 24.6 Å². The number of rotatable bonds is 6. The number of benzene rings is 1. The van der Waals surface area contributed by atoms with Crippen molar-refractivity contribution in [3.8, 4) is 0 Å². The number of allylic oxidation sites excluding steroid dienone is 3. The maximum Gasteiger partial charge on any atom is 0.0518 e. The number of anilines is 1. The zero-order valence-corrected chi connectivity index (χ0v) is 19.5. The summed E-state index contributed by atoms with van der Waals surface area (Å²) in [5.74, 6) is 1.94. The van der Waals surface area contributed by atoms with Crippen LogP contribution in [0.4, 0.5) is 5.69 Å². The molecule has 0 aromatic heterocycles. The summed E-state index contributed by atoms with van der Waals surface area (Å²) in [5.41, 5.74) is 2.98. The Morgan fingerprint density at radius 2 is 2.18 bits per heavy atom. The van der Waals surface area contributed by atoms with Crippen LogP contribution in [0.25, 0.3) is 0 Å². The molecule has 0 radical (unpaired) electrons. The third-order valence-electron chi connectivity index (χ3n) is 5.80. The third-order valence-corrected chi connectivity index (χ3v) is 7.69. The van der Waals surface area contributed by atoms with Crippen LogP contribution < -0.4 is 4.90 Å². The number of thioether (sulfide) groups is 2. The monoisotopic (exact) mass is 416 g/mol. The van der Waals surface area contributed by atoms with Crippen molar-refractivity contribution in [2.45, 2.75) is 48.8 Å². The minimum atomic E-state index is 0.836. The van der Waals surface area contributed by atoms with E-state index in [9.17, 15) is 0 Å². The largest absolute Gasteiger partial charge is 0.367 e. The maximum absolute atomic E-state index is 2.66. The van der Waals surface area contributed by atoms with Gasteiger partial charge in [0.2, 0.25) is 0 Å². The quantitative estimate of drug-likeness (QED) is 0.499. The number of hydrogen-bond acceptors (Lipinski definition) is 4. The van der Waals surface area contributed by atoms with Crippen LogP contribution in [0.2, 0.25) is 0 Å². The molecule has 1 aromatic rings. The lowest BCUT2D eigenvalue weighted by molar-refractivity contribution is 0.291. The van der Waals surface area contributed by atoms with E-state index in [0.29, 0.717) is 0 Å². The van der Waals surface area contributed by atoms with Gasteiger partial charge in [-0.3, -0.25) is 0 Å². The van der Waals surface area contributed by atoms with E-state index < -0.39 is 0 Å². The Bertz CT molecular complexity index is 683. The molecule has 0 spiro atoms. The first-order valence-electron chi connectivity index (χ1n) is 10.8. The molecule has 2 aliphatic heterocycles. The lowest BCUT2D eigenvalue weighted by Gasteiger charge is -2.28. The minimum Gasteiger partial charge on any atom is -0.367 e. The first kappa shape index (κ1) is 21.9. The smallest absolute Gasteiger partial charge is 0.0518 e. The highest BCUT2D eigenvalue weighted by molar-refractivity contribution is 7.99. The van der Waals surface area contributed by atoms with Crippen LogP contribution in [0, 0.1) is 5.92 Å². The molecular formula is C24H36N2S2. The van der Waals surface area contributed by atoms with Crippen molar-refractivity contribution in [2.24, 2.45) is 5.92 Å². The molecule has 1 fully saturated rings.